The number of nitrogens with two attached hydrogens (primary N) is 1. The number of halogens is 1. The van der Waals surface area contributed by atoms with Crippen LogP contribution in [-0.4, -0.2) is 27.1 Å². The smallest absolute Gasteiger partial charge is 0.190 e. The minimum Gasteiger partial charge on any atom is -0.330 e. The summed E-state index contributed by atoms with van der Waals surface area (Å²) in [6, 6.07) is 0. The van der Waals surface area contributed by atoms with Crippen molar-refractivity contribution in [1.82, 2.24) is 14.8 Å². The van der Waals surface area contributed by atoms with Gasteiger partial charge in [-0.25, -0.2) is 0 Å². The molecule has 0 atom stereocenters. The summed E-state index contributed by atoms with van der Waals surface area (Å²) >= 11 is 1.62. The Labute approximate surface area is 76.0 Å². The summed E-state index contributed by atoms with van der Waals surface area (Å²) in [5.41, 5.74) is 5.32. The van der Waals surface area contributed by atoms with Crippen molar-refractivity contribution in [2.75, 3.05) is 12.3 Å². The van der Waals surface area contributed by atoms with E-state index in [0.717, 1.165) is 10.9 Å². The average molecular weight is 195 g/mol. The molecule has 0 spiro atoms. The van der Waals surface area contributed by atoms with E-state index in [-0.39, 0.29) is 12.4 Å². The van der Waals surface area contributed by atoms with Crippen molar-refractivity contribution in [2.24, 2.45) is 12.8 Å². The molecule has 0 bridgehead atoms. The van der Waals surface area contributed by atoms with Crippen LogP contribution in [0.1, 0.15) is 0 Å². The van der Waals surface area contributed by atoms with E-state index in [1.54, 1.807) is 18.1 Å². The first-order chi connectivity index (χ1) is 4.84. The van der Waals surface area contributed by atoms with E-state index in [2.05, 4.69) is 10.2 Å². The highest BCUT2D eigenvalue weighted by Crippen LogP contribution is 2.11. The summed E-state index contributed by atoms with van der Waals surface area (Å²) in [5, 5.41) is 8.52. The molecule has 0 saturated carbocycles. The fourth-order valence-electron chi connectivity index (χ4n) is 0.553. The van der Waals surface area contributed by atoms with Crippen LogP contribution < -0.4 is 5.73 Å². The van der Waals surface area contributed by atoms with Crippen molar-refractivity contribution in [1.29, 1.82) is 0 Å². The third-order valence-corrected chi connectivity index (χ3v) is 2.09. The Bertz CT molecular complexity index is 202. The number of thioether (sulfide) groups is 1. The van der Waals surface area contributed by atoms with Crippen molar-refractivity contribution in [2.45, 2.75) is 5.16 Å². The summed E-state index contributed by atoms with van der Waals surface area (Å²) < 4.78 is 1.88. The summed E-state index contributed by atoms with van der Waals surface area (Å²) in [5.74, 6) is 0.895. The predicted octanol–water partition coefficient (Wildman–Crippen LogP) is 0.288. The van der Waals surface area contributed by atoms with Gasteiger partial charge in [0.25, 0.3) is 0 Å². The van der Waals surface area contributed by atoms with Crippen LogP contribution in [0.15, 0.2) is 11.5 Å². The number of nitrogens with zero attached hydrogens (tertiary/aromatic N) is 3. The number of aryl methyl sites for hydroxylation is 1. The van der Waals surface area contributed by atoms with Gasteiger partial charge in [-0.2, -0.15) is 0 Å². The monoisotopic (exact) mass is 194 g/mol. The third-order valence-electron chi connectivity index (χ3n) is 1.02. The van der Waals surface area contributed by atoms with Crippen molar-refractivity contribution in [3.05, 3.63) is 6.33 Å². The van der Waals surface area contributed by atoms with Crippen LogP contribution in [0.5, 0.6) is 0 Å². The number of hydrogen-bond donors (Lipinski definition) is 1. The number of aromatic nitrogens is 3. The third kappa shape index (κ3) is 3.09. The van der Waals surface area contributed by atoms with Crippen molar-refractivity contribution < 1.29 is 0 Å². The molecular weight excluding hydrogens is 184 g/mol. The maximum absolute atomic E-state index is 5.32. The van der Waals surface area contributed by atoms with Gasteiger partial charge >= 0.3 is 0 Å². The summed E-state index contributed by atoms with van der Waals surface area (Å²) in [4.78, 5) is 0. The van der Waals surface area contributed by atoms with E-state index in [9.17, 15) is 0 Å². The molecule has 0 amide bonds. The molecule has 1 aromatic rings. The van der Waals surface area contributed by atoms with E-state index in [1.165, 1.54) is 0 Å². The molecule has 2 N–H and O–H groups in total. The second-order valence-corrected chi connectivity index (χ2v) is 2.92. The van der Waals surface area contributed by atoms with Gasteiger partial charge in [-0.3, -0.25) is 0 Å². The highest BCUT2D eigenvalue weighted by molar-refractivity contribution is 7.99. The van der Waals surface area contributed by atoms with Crippen LogP contribution in [0.4, 0.5) is 0 Å². The van der Waals surface area contributed by atoms with Gasteiger partial charge in [0, 0.05) is 19.3 Å². The molecule has 0 aliphatic carbocycles. The van der Waals surface area contributed by atoms with Gasteiger partial charge in [-0.15, -0.1) is 22.6 Å². The predicted molar refractivity (Wildman–Crippen MR) is 48.0 cm³/mol. The molecule has 0 fully saturated rings. The van der Waals surface area contributed by atoms with Gasteiger partial charge in [-0.1, -0.05) is 11.8 Å². The Morgan fingerprint density at radius 3 is 2.91 bits per heavy atom. The highest BCUT2D eigenvalue weighted by atomic mass is 35.5. The van der Waals surface area contributed by atoms with Crippen LogP contribution in [-0.2, 0) is 7.05 Å². The minimum atomic E-state index is 0. The Kier molecular flexibility index (Phi) is 5.27. The van der Waals surface area contributed by atoms with Gasteiger partial charge in [0.1, 0.15) is 6.33 Å². The Morgan fingerprint density at radius 2 is 2.45 bits per heavy atom. The lowest BCUT2D eigenvalue weighted by atomic mass is 10.8. The van der Waals surface area contributed by atoms with E-state index >= 15 is 0 Å². The molecular formula is C5H11ClN4S. The maximum Gasteiger partial charge on any atom is 0.190 e. The zero-order valence-electron chi connectivity index (χ0n) is 6.23. The minimum absolute atomic E-state index is 0. The molecule has 1 aromatic heterocycles. The molecule has 0 aliphatic rings. The zero-order valence-corrected chi connectivity index (χ0v) is 7.86. The maximum atomic E-state index is 5.32. The Hall–Kier alpha value is -0.260. The first-order valence-corrected chi connectivity index (χ1v) is 4.00. The molecule has 11 heavy (non-hydrogen) atoms. The zero-order chi connectivity index (χ0) is 7.40. The van der Waals surface area contributed by atoms with Crippen molar-refractivity contribution >= 4 is 24.2 Å². The molecule has 4 nitrogen and oxygen atoms in total. The number of rotatable bonds is 3. The molecule has 6 heteroatoms. The lowest BCUT2D eigenvalue weighted by molar-refractivity contribution is 0.788. The van der Waals surface area contributed by atoms with Gasteiger partial charge in [-0.05, 0) is 0 Å². The topological polar surface area (TPSA) is 56.7 Å². The normalized spacial score (nSPS) is 9.27. The summed E-state index contributed by atoms with van der Waals surface area (Å²) in [6.45, 7) is 0.678. The fraction of sp³-hybridized carbons (Fsp3) is 0.600. The molecule has 0 aromatic carbocycles. The molecule has 0 radical (unpaired) electrons. The standard InChI is InChI=1S/C5H10N4S.ClH/c1-9-4-7-8-5(9)10-3-2-6;/h4H,2-3,6H2,1H3;1H. The first kappa shape index (κ1) is 10.7. The van der Waals surface area contributed by atoms with Gasteiger partial charge in [0.05, 0.1) is 0 Å². The Balaban J connectivity index is 0.000001000. The van der Waals surface area contributed by atoms with Crippen molar-refractivity contribution in [3.8, 4) is 0 Å². The van der Waals surface area contributed by atoms with E-state index < -0.39 is 0 Å². The second-order valence-electron chi connectivity index (χ2n) is 1.86. The van der Waals surface area contributed by atoms with Crippen LogP contribution in [0.2, 0.25) is 0 Å². The van der Waals surface area contributed by atoms with E-state index in [1.807, 2.05) is 11.6 Å². The largest absolute Gasteiger partial charge is 0.330 e. The average Bonchev–Trinajstić information content (AvgIpc) is 2.31. The van der Waals surface area contributed by atoms with Crippen LogP contribution >= 0.6 is 24.2 Å². The fourth-order valence-corrected chi connectivity index (χ4v) is 1.21. The quantitative estimate of drug-likeness (QED) is 0.703. The Morgan fingerprint density at radius 1 is 1.73 bits per heavy atom. The molecule has 0 unspecified atom stereocenters. The van der Waals surface area contributed by atoms with E-state index in [0.29, 0.717) is 6.54 Å². The van der Waals surface area contributed by atoms with Crippen LogP contribution in [0, 0.1) is 0 Å². The van der Waals surface area contributed by atoms with Crippen LogP contribution in [0.25, 0.3) is 0 Å². The first-order valence-electron chi connectivity index (χ1n) is 3.01. The number of hydrogen-bond acceptors (Lipinski definition) is 4. The molecule has 0 saturated heterocycles. The summed E-state index contributed by atoms with van der Waals surface area (Å²) in [6.07, 6.45) is 1.68. The van der Waals surface area contributed by atoms with Gasteiger partial charge in [0.15, 0.2) is 5.16 Å². The van der Waals surface area contributed by atoms with Crippen LogP contribution in [0.3, 0.4) is 0 Å². The van der Waals surface area contributed by atoms with Crippen molar-refractivity contribution in [3.63, 3.8) is 0 Å². The highest BCUT2D eigenvalue weighted by Gasteiger charge is 1.97. The SMILES string of the molecule is Cl.Cn1cnnc1SCCN. The molecule has 0 aliphatic heterocycles. The lowest BCUT2D eigenvalue weighted by Gasteiger charge is -1.95. The summed E-state index contributed by atoms with van der Waals surface area (Å²) in [7, 11) is 1.92. The second kappa shape index (κ2) is 5.40. The molecule has 1 heterocycles. The molecule has 64 valence electrons. The molecule has 1 rings (SSSR count). The lowest BCUT2D eigenvalue weighted by Crippen LogP contribution is -2.02. The van der Waals surface area contributed by atoms with Gasteiger partial charge in [0.2, 0.25) is 0 Å². The van der Waals surface area contributed by atoms with Gasteiger partial charge < -0.3 is 10.3 Å². The van der Waals surface area contributed by atoms with E-state index in [4.69, 9.17) is 5.73 Å².